The number of aromatic nitrogens is 1. The van der Waals surface area contributed by atoms with E-state index >= 15 is 0 Å². The van der Waals surface area contributed by atoms with Crippen LogP contribution < -0.4 is 10.6 Å². The smallest absolute Gasteiger partial charge is 0.247 e. The third-order valence-corrected chi connectivity index (χ3v) is 3.46. The molecule has 0 aliphatic rings. The monoisotopic (exact) mass is 327 g/mol. The second kappa shape index (κ2) is 8.10. The van der Waals surface area contributed by atoms with Gasteiger partial charge in [0.25, 0.3) is 0 Å². The predicted molar refractivity (Wildman–Crippen MR) is 92.2 cm³/mol. The molecule has 126 valence electrons. The van der Waals surface area contributed by atoms with Gasteiger partial charge in [-0.15, -0.1) is 0 Å². The van der Waals surface area contributed by atoms with Crippen LogP contribution in [0.2, 0.25) is 0 Å². The Labute approximate surface area is 140 Å². The van der Waals surface area contributed by atoms with Gasteiger partial charge in [-0.25, -0.2) is 0 Å². The van der Waals surface area contributed by atoms with E-state index < -0.39 is 6.04 Å². The molecule has 1 atom stereocenters. The Balaban J connectivity index is 1.97. The molecule has 0 unspecified atom stereocenters. The largest absolute Gasteiger partial charge is 0.360 e. The average molecular weight is 327 g/mol. The maximum Gasteiger partial charge on any atom is 0.247 e. The van der Waals surface area contributed by atoms with Crippen molar-refractivity contribution in [2.24, 2.45) is 0 Å². The molecule has 0 saturated carbocycles. The molecule has 2 aromatic rings. The molecule has 2 N–H and O–H groups in total. The number of benzene rings is 1. The Morgan fingerprint density at radius 1 is 1.29 bits per heavy atom. The summed E-state index contributed by atoms with van der Waals surface area (Å²) in [6.07, 6.45) is 2.25. The highest BCUT2D eigenvalue weighted by molar-refractivity contribution is 6.00. The van der Waals surface area contributed by atoms with Gasteiger partial charge >= 0.3 is 0 Å². The third kappa shape index (κ3) is 4.81. The van der Waals surface area contributed by atoms with Crippen molar-refractivity contribution < 1.29 is 14.1 Å². The lowest BCUT2D eigenvalue weighted by Crippen LogP contribution is -2.41. The topological polar surface area (TPSA) is 84.2 Å². The number of amides is 2. The highest BCUT2D eigenvalue weighted by Gasteiger charge is 2.16. The molecule has 24 heavy (non-hydrogen) atoms. The molecule has 1 heterocycles. The minimum Gasteiger partial charge on any atom is -0.360 e. The quantitative estimate of drug-likeness (QED) is 0.799. The second-order valence-corrected chi connectivity index (χ2v) is 5.43. The van der Waals surface area contributed by atoms with E-state index in [-0.39, 0.29) is 11.8 Å². The van der Waals surface area contributed by atoms with Gasteiger partial charge in [-0.2, -0.15) is 0 Å². The molecular weight excluding hydrogens is 306 g/mol. The standard InChI is InChI=1S/C18H21N3O3/c1-4-14(15-8-6-5-7-9-15)11-17(22)19-13(3)18(23)20-16-10-12(2)24-21-16/h5-11,13H,4H2,1-3H3,(H,19,22)(H,20,21,23)/b14-11+/t13-/m1/s1. The molecule has 2 amide bonds. The van der Waals surface area contributed by atoms with Crippen LogP contribution >= 0.6 is 0 Å². The van der Waals surface area contributed by atoms with Crippen molar-refractivity contribution in [1.82, 2.24) is 10.5 Å². The van der Waals surface area contributed by atoms with Crippen LogP contribution in [0, 0.1) is 6.92 Å². The van der Waals surface area contributed by atoms with Gasteiger partial charge in [-0.1, -0.05) is 42.4 Å². The van der Waals surface area contributed by atoms with Crippen molar-refractivity contribution in [3.05, 3.63) is 53.8 Å². The fraction of sp³-hybridized carbons (Fsp3) is 0.278. The Morgan fingerprint density at radius 3 is 2.58 bits per heavy atom. The lowest BCUT2D eigenvalue weighted by atomic mass is 10.0. The molecule has 0 aliphatic carbocycles. The first-order chi connectivity index (χ1) is 11.5. The van der Waals surface area contributed by atoms with Crippen molar-refractivity contribution in [1.29, 1.82) is 0 Å². The number of aryl methyl sites for hydroxylation is 1. The first-order valence-corrected chi connectivity index (χ1v) is 7.80. The molecule has 6 nitrogen and oxygen atoms in total. The first kappa shape index (κ1) is 17.5. The van der Waals surface area contributed by atoms with Crippen LogP contribution in [0.4, 0.5) is 5.82 Å². The Hall–Kier alpha value is -2.89. The Kier molecular flexibility index (Phi) is 5.89. The number of carbonyl (C=O) groups is 2. The molecule has 6 heteroatoms. The maximum absolute atomic E-state index is 12.2. The summed E-state index contributed by atoms with van der Waals surface area (Å²) in [6, 6.07) is 10.6. The van der Waals surface area contributed by atoms with Gasteiger partial charge in [0, 0.05) is 12.1 Å². The summed E-state index contributed by atoms with van der Waals surface area (Å²) in [5, 5.41) is 8.93. The van der Waals surface area contributed by atoms with E-state index in [2.05, 4.69) is 15.8 Å². The van der Waals surface area contributed by atoms with Crippen molar-refractivity contribution in [3.8, 4) is 0 Å². The zero-order valence-electron chi connectivity index (χ0n) is 14.0. The van der Waals surface area contributed by atoms with Gasteiger partial charge in [0.1, 0.15) is 11.8 Å². The van der Waals surface area contributed by atoms with E-state index in [1.165, 1.54) is 6.08 Å². The van der Waals surface area contributed by atoms with Crippen molar-refractivity contribution in [3.63, 3.8) is 0 Å². The van der Waals surface area contributed by atoms with Crippen molar-refractivity contribution in [2.75, 3.05) is 5.32 Å². The second-order valence-electron chi connectivity index (χ2n) is 5.43. The zero-order chi connectivity index (χ0) is 17.5. The Morgan fingerprint density at radius 2 is 2.00 bits per heavy atom. The van der Waals surface area contributed by atoms with Crippen LogP contribution in [0.5, 0.6) is 0 Å². The van der Waals surface area contributed by atoms with Crippen molar-refractivity contribution >= 4 is 23.2 Å². The van der Waals surface area contributed by atoms with Crippen LogP contribution in [0.1, 0.15) is 31.6 Å². The summed E-state index contributed by atoms with van der Waals surface area (Å²) in [5.41, 5.74) is 1.90. The number of anilines is 1. The number of rotatable bonds is 6. The molecule has 1 aromatic heterocycles. The fourth-order valence-electron chi connectivity index (χ4n) is 2.18. The summed E-state index contributed by atoms with van der Waals surface area (Å²) in [5.74, 6) is 0.255. The van der Waals surface area contributed by atoms with Crippen molar-refractivity contribution in [2.45, 2.75) is 33.2 Å². The molecule has 2 rings (SSSR count). The fourth-order valence-corrected chi connectivity index (χ4v) is 2.18. The number of allylic oxidation sites excluding steroid dienone is 1. The maximum atomic E-state index is 12.2. The SMILES string of the molecule is CC/C(=C\C(=O)N[C@H](C)C(=O)Nc1cc(C)on1)c1ccccc1. The van der Waals surface area contributed by atoms with Crippen LogP contribution in [-0.4, -0.2) is 23.0 Å². The molecule has 0 spiro atoms. The third-order valence-electron chi connectivity index (χ3n) is 3.46. The number of nitrogens with one attached hydrogen (secondary N) is 2. The number of carbonyl (C=O) groups excluding carboxylic acids is 2. The molecular formula is C18H21N3O3. The summed E-state index contributed by atoms with van der Waals surface area (Å²) >= 11 is 0. The van der Waals surface area contributed by atoms with Gasteiger partial charge in [-0.05, 0) is 31.4 Å². The normalized spacial score (nSPS) is 12.5. The number of hydrogen-bond acceptors (Lipinski definition) is 4. The summed E-state index contributed by atoms with van der Waals surface area (Å²) in [6.45, 7) is 5.33. The van der Waals surface area contributed by atoms with E-state index in [0.29, 0.717) is 11.6 Å². The Bertz CT molecular complexity index is 735. The molecule has 0 fully saturated rings. The van der Waals surface area contributed by atoms with Crippen LogP contribution in [-0.2, 0) is 9.59 Å². The first-order valence-electron chi connectivity index (χ1n) is 7.80. The summed E-state index contributed by atoms with van der Waals surface area (Å²) in [7, 11) is 0. The molecule has 1 aromatic carbocycles. The zero-order valence-corrected chi connectivity index (χ0v) is 14.0. The van der Waals surface area contributed by atoms with Crippen LogP contribution in [0.3, 0.4) is 0 Å². The van der Waals surface area contributed by atoms with E-state index in [1.54, 1.807) is 19.9 Å². The van der Waals surface area contributed by atoms with Crippen LogP contribution in [0.25, 0.3) is 5.57 Å². The number of nitrogens with zero attached hydrogens (tertiary/aromatic N) is 1. The minimum atomic E-state index is -0.695. The number of hydrogen-bond donors (Lipinski definition) is 2. The molecule has 0 bridgehead atoms. The summed E-state index contributed by atoms with van der Waals surface area (Å²) < 4.78 is 4.88. The highest BCUT2D eigenvalue weighted by atomic mass is 16.5. The predicted octanol–water partition coefficient (Wildman–Crippen LogP) is 2.92. The molecule has 0 saturated heterocycles. The van der Waals surface area contributed by atoms with E-state index in [0.717, 1.165) is 17.6 Å². The van der Waals surface area contributed by atoms with Gasteiger partial charge in [0.15, 0.2) is 5.82 Å². The molecule has 0 radical (unpaired) electrons. The van der Waals surface area contributed by atoms with Gasteiger partial charge in [0.05, 0.1) is 0 Å². The van der Waals surface area contributed by atoms with E-state index in [1.807, 2.05) is 37.3 Å². The minimum absolute atomic E-state index is 0.310. The molecule has 0 aliphatic heterocycles. The van der Waals surface area contributed by atoms with E-state index in [9.17, 15) is 9.59 Å². The lowest BCUT2D eigenvalue weighted by molar-refractivity contribution is -0.123. The summed E-state index contributed by atoms with van der Waals surface area (Å²) in [4.78, 5) is 24.2. The average Bonchev–Trinajstić information content (AvgIpc) is 2.98. The van der Waals surface area contributed by atoms with Gasteiger partial charge < -0.3 is 15.2 Å². The van der Waals surface area contributed by atoms with E-state index in [4.69, 9.17) is 4.52 Å². The van der Waals surface area contributed by atoms with Crippen LogP contribution in [0.15, 0.2) is 47.0 Å². The van der Waals surface area contributed by atoms with Gasteiger partial charge in [0.2, 0.25) is 11.8 Å². The highest BCUT2D eigenvalue weighted by Crippen LogP contribution is 2.17. The van der Waals surface area contributed by atoms with Gasteiger partial charge in [-0.3, -0.25) is 9.59 Å². The lowest BCUT2D eigenvalue weighted by Gasteiger charge is -2.12.